The maximum absolute atomic E-state index is 2.61. The molecular formula is C55H79N. The molecule has 4 aromatic carbocycles. The maximum Gasteiger partial charge on any atom is 0.0465 e. The lowest BCUT2D eigenvalue weighted by Crippen LogP contribution is -2.26. The van der Waals surface area contributed by atoms with Crippen molar-refractivity contribution in [2.75, 3.05) is 4.90 Å². The van der Waals surface area contributed by atoms with Crippen molar-refractivity contribution in [2.24, 2.45) is 0 Å². The van der Waals surface area contributed by atoms with E-state index in [4.69, 9.17) is 0 Å². The minimum absolute atomic E-state index is 0.0745. The number of anilines is 3. The van der Waals surface area contributed by atoms with Crippen LogP contribution in [0.15, 0.2) is 91.0 Å². The molecule has 0 fully saturated rings. The molecule has 0 saturated heterocycles. The Labute approximate surface area is 345 Å². The fourth-order valence-corrected chi connectivity index (χ4v) is 9.62. The molecule has 0 N–H and O–H groups in total. The van der Waals surface area contributed by atoms with Gasteiger partial charge in [0.05, 0.1) is 0 Å². The van der Waals surface area contributed by atoms with Crippen LogP contribution >= 0.6 is 0 Å². The molecule has 4 aromatic rings. The van der Waals surface area contributed by atoms with Gasteiger partial charge in [-0.25, -0.2) is 0 Å². The van der Waals surface area contributed by atoms with Crippen LogP contribution in [0.25, 0.3) is 11.1 Å². The topological polar surface area (TPSA) is 3.24 Å². The van der Waals surface area contributed by atoms with Crippen molar-refractivity contribution in [1.29, 1.82) is 0 Å². The van der Waals surface area contributed by atoms with Crippen LogP contribution in [-0.4, -0.2) is 0 Å². The van der Waals surface area contributed by atoms with E-state index in [1.807, 2.05) is 0 Å². The van der Waals surface area contributed by atoms with Crippen molar-refractivity contribution in [3.8, 4) is 11.1 Å². The number of rotatable bonds is 29. The van der Waals surface area contributed by atoms with Gasteiger partial charge in [-0.2, -0.15) is 0 Å². The van der Waals surface area contributed by atoms with Gasteiger partial charge in [-0.1, -0.05) is 234 Å². The highest BCUT2D eigenvalue weighted by molar-refractivity contribution is 5.85. The monoisotopic (exact) mass is 754 g/mol. The van der Waals surface area contributed by atoms with E-state index < -0.39 is 0 Å². The van der Waals surface area contributed by atoms with E-state index >= 15 is 0 Å². The van der Waals surface area contributed by atoms with Crippen LogP contribution in [0.5, 0.6) is 0 Å². The zero-order valence-corrected chi connectivity index (χ0v) is 36.5. The molecule has 0 radical (unpaired) electrons. The summed E-state index contributed by atoms with van der Waals surface area (Å²) in [5.41, 5.74) is 12.5. The Bertz CT molecular complexity index is 1570. The predicted molar refractivity (Wildman–Crippen MR) is 248 cm³/mol. The summed E-state index contributed by atoms with van der Waals surface area (Å²) in [4.78, 5) is 2.49. The highest BCUT2D eigenvalue weighted by Crippen LogP contribution is 2.55. The minimum atomic E-state index is 0.0745. The lowest BCUT2D eigenvalue weighted by atomic mass is 9.70. The number of nitrogens with zero attached hydrogens (tertiary/aromatic N) is 1. The maximum atomic E-state index is 2.61. The predicted octanol–water partition coefficient (Wildman–Crippen LogP) is 18.2. The normalized spacial score (nSPS) is 12.9. The van der Waals surface area contributed by atoms with Gasteiger partial charge >= 0.3 is 0 Å². The summed E-state index contributed by atoms with van der Waals surface area (Å²) >= 11 is 0. The van der Waals surface area contributed by atoms with E-state index in [2.05, 4.69) is 124 Å². The Kier molecular flexibility index (Phi) is 19.1. The van der Waals surface area contributed by atoms with Crippen LogP contribution < -0.4 is 4.90 Å². The highest BCUT2D eigenvalue weighted by atomic mass is 15.1. The first-order valence-corrected chi connectivity index (χ1v) is 23.8. The second-order valence-corrected chi connectivity index (χ2v) is 17.6. The van der Waals surface area contributed by atoms with Gasteiger partial charge in [0.2, 0.25) is 0 Å². The lowest BCUT2D eigenvalue weighted by Gasteiger charge is -2.34. The molecule has 0 aliphatic heterocycles. The summed E-state index contributed by atoms with van der Waals surface area (Å²) < 4.78 is 0. The van der Waals surface area contributed by atoms with Crippen LogP contribution in [0.1, 0.15) is 203 Å². The first-order valence-electron chi connectivity index (χ1n) is 23.8. The van der Waals surface area contributed by atoms with Gasteiger partial charge in [-0.3, -0.25) is 0 Å². The number of fused-ring (bicyclic) bond motifs is 3. The van der Waals surface area contributed by atoms with Gasteiger partial charge in [0.25, 0.3) is 0 Å². The summed E-state index contributed by atoms with van der Waals surface area (Å²) in [7, 11) is 0. The molecule has 0 amide bonds. The Balaban J connectivity index is 1.32. The van der Waals surface area contributed by atoms with Crippen LogP contribution in [0, 0.1) is 13.8 Å². The third kappa shape index (κ3) is 12.8. The molecular weight excluding hydrogens is 675 g/mol. The highest BCUT2D eigenvalue weighted by Gasteiger charge is 2.42. The fraction of sp³-hybridized carbons (Fsp3) is 0.564. The third-order valence-electron chi connectivity index (χ3n) is 13.0. The molecule has 304 valence electrons. The second-order valence-electron chi connectivity index (χ2n) is 17.6. The standard InChI is InChI=1S/C55H79N/c1-5-7-9-11-13-15-17-19-21-23-25-29-43-55(44-30-26-24-22-20-18-16-14-12-10-8-6-2)53-32-28-27-31-51(53)52-42-41-50(45-54(52)55)56(48-37-33-46(3)34-38-48)49-39-35-47(4)36-40-49/h27-28,31-42,45H,5-26,29-30,43-44H2,1-4H3. The Morgan fingerprint density at radius 1 is 0.357 bits per heavy atom. The van der Waals surface area contributed by atoms with Gasteiger partial charge in [0.15, 0.2) is 0 Å². The van der Waals surface area contributed by atoms with Crippen molar-refractivity contribution in [3.63, 3.8) is 0 Å². The van der Waals surface area contributed by atoms with E-state index in [-0.39, 0.29) is 5.41 Å². The average molecular weight is 754 g/mol. The molecule has 5 rings (SSSR count). The summed E-state index contributed by atoms with van der Waals surface area (Å²) in [5, 5.41) is 0. The molecule has 1 heteroatoms. The largest absolute Gasteiger partial charge is 0.310 e. The molecule has 1 nitrogen and oxygen atoms in total. The molecule has 1 aliphatic rings. The molecule has 1 aliphatic carbocycles. The van der Waals surface area contributed by atoms with Gasteiger partial charge in [-0.05, 0) is 85.3 Å². The summed E-state index contributed by atoms with van der Waals surface area (Å²) in [5.74, 6) is 0. The second kappa shape index (κ2) is 24.5. The number of unbranched alkanes of at least 4 members (excludes halogenated alkanes) is 22. The first-order chi connectivity index (χ1) is 27.6. The quantitative estimate of drug-likeness (QED) is 0.0499. The van der Waals surface area contributed by atoms with E-state index in [9.17, 15) is 0 Å². The van der Waals surface area contributed by atoms with Crippen molar-refractivity contribution >= 4 is 17.1 Å². The molecule has 0 bridgehead atoms. The Morgan fingerprint density at radius 3 is 1.14 bits per heavy atom. The van der Waals surface area contributed by atoms with Crippen LogP contribution in [0.2, 0.25) is 0 Å². The number of hydrogen-bond acceptors (Lipinski definition) is 1. The lowest BCUT2D eigenvalue weighted by molar-refractivity contribution is 0.397. The van der Waals surface area contributed by atoms with E-state index in [0.29, 0.717) is 0 Å². The SMILES string of the molecule is CCCCCCCCCCCCCCC1(CCCCCCCCCCCCCC)c2ccccc2-c2ccc(N(c3ccc(C)cc3)c3ccc(C)cc3)cc21. The first kappa shape index (κ1) is 43.8. The van der Waals surface area contributed by atoms with Gasteiger partial charge in [0.1, 0.15) is 0 Å². The zero-order chi connectivity index (χ0) is 39.3. The van der Waals surface area contributed by atoms with Gasteiger partial charge < -0.3 is 4.90 Å². The Hall–Kier alpha value is -3.32. The molecule has 0 saturated carbocycles. The fourth-order valence-electron chi connectivity index (χ4n) is 9.62. The molecule has 0 heterocycles. The van der Waals surface area contributed by atoms with Gasteiger partial charge in [0, 0.05) is 22.5 Å². The van der Waals surface area contributed by atoms with E-state index in [0.717, 1.165) is 0 Å². The van der Waals surface area contributed by atoms with Crippen LogP contribution in [0.4, 0.5) is 17.1 Å². The summed E-state index contributed by atoms with van der Waals surface area (Å²) in [6.45, 7) is 9.00. The third-order valence-corrected chi connectivity index (χ3v) is 13.0. The van der Waals surface area contributed by atoms with Crippen LogP contribution in [-0.2, 0) is 5.41 Å². The summed E-state index contributed by atoms with van der Waals surface area (Å²) in [6.07, 6.45) is 36.1. The molecule has 0 spiro atoms. The summed E-state index contributed by atoms with van der Waals surface area (Å²) in [6, 6.07) is 35.2. The van der Waals surface area contributed by atoms with Crippen molar-refractivity contribution < 1.29 is 0 Å². The number of aryl methyl sites for hydroxylation is 2. The number of hydrogen-bond donors (Lipinski definition) is 0. The Morgan fingerprint density at radius 2 is 0.714 bits per heavy atom. The number of benzene rings is 4. The minimum Gasteiger partial charge on any atom is -0.310 e. The average Bonchev–Trinajstić information content (AvgIpc) is 3.49. The van der Waals surface area contributed by atoms with Crippen LogP contribution in [0.3, 0.4) is 0 Å². The molecule has 0 aromatic heterocycles. The van der Waals surface area contributed by atoms with Crippen molar-refractivity contribution in [2.45, 2.75) is 200 Å². The molecule has 56 heavy (non-hydrogen) atoms. The van der Waals surface area contributed by atoms with Gasteiger partial charge in [-0.15, -0.1) is 0 Å². The van der Waals surface area contributed by atoms with E-state index in [1.165, 1.54) is 206 Å². The zero-order valence-electron chi connectivity index (χ0n) is 36.5. The molecule has 0 atom stereocenters. The smallest absolute Gasteiger partial charge is 0.0465 e. The van der Waals surface area contributed by atoms with Crippen molar-refractivity contribution in [3.05, 3.63) is 113 Å². The van der Waals surface area contributed by atoms with Crippen molar-refractivity contribution in [1.82, 2.24) is 0 Å². The van der Waals surface area contributed by atoms with E-state index in [1.54, 1.807) is 11.1 Å². The molecule has 0 unspecified atom stereocenters.